The van der Waals surface area contributed by atoms with Crippen molar-refractivity contribution in [2.45, 2.75) is 18.2 Å². The first-order valence-corrected chi connectivity index (χ1v) is 3.23. The van der Waals surface area contributed by atoms with Crippen LogP contribution in [0, 0.1) is 0 Å². The van der Waals surface area contributed by atoms with Crippen LogP contribution in [0.5, 0.6) is 0 Å². The zero-order chi connectivity index (χ0) is 9.99. The molecular formula is C5H5ClF4O2. The summed E-state index contributed by atoms with van der Waals surface area (Å²) in [4.78, 5) is 10.2. The lowest BCUT2D eigenvalue weighted by Gasteiger charge is -2.18. The number of ether oxygens (including phenoxy) is 1. The Kier molecular flexibility index (Phi) is 3.32. The predicted molar refractivity (Wildman–Crippen MR) is 32.4 cm³/mol. The van der Waals surface area contributed by atoms with E-state index in [0.29, 0.717) is 0 Å². The van der Waals surface area contributed by atoms with Gasteiger partial charge in [-0.15, -0.1) is 0 Å². The van der Waals surface area contributed by atoms with E-state index in [0.717, 1.165) is 0 Å². The molecule has 0 aromatic rings. The molecule has 0 aliphatic rings. The molecule has 0 aliphatic heterocycles. The van der Waals surface area contributed by atoms with E-state index in [1.54, 1.807) is 0 Å². The molecule has 2 nitrogen and oxygen atoms in total. The van der Waals surface area contributed by atoms with Crippen molar-refractivity contribution in [1.29, 1.82) is 0 Å². The molecule has 72 valence electrons. The molecule has 7 heteroatoms. The maximum absolute atomic E-state index is 12.2. The molecule has 0 saturated carbocycles. The maximum atomic E-state index is 12.2. The Morgan fingerprint density at radius 2 is 1.83 bits per heavy atom. The highest BCUT2D eigenvalue weighted by Gasteiger charge is 2.62. The van der Waals surface area contributed by atoms with E-state index in [-0.39, 0.29) is 0 Å². The van der Waals surface area contributed by atoms with Crippen LogP contribution in [0.4, 0.5) is 17.6 Å². The summed E-state index contributed by atoms with van der Waals surface area (Å²) >= 11 is 3.97. The van der Waals surface area contributed by atoms with Gasteiger partial charge in [0.2, 0.25) is 0 Å². The van der Waals surface area contributed by atoms with Gasteiger partial charge in [-0.1, -0.05) is 0 Å². The Labute approximate surface area is 70.4 Å². The predicted octanol–water partition coefficient (Wildman–Crippen LogP) is 2.02. The minimum absolute atomic E-state index is 0.415. The Bertz CT molecular complexity index is 177. The highest BCUT2D eigenvalue weighted by Crippen LogP contribution is 2.38. The van der Waals surface area contributed by atoms with Crippen LogP contribution in [0.3, 0.4) is 0 Å². The minimum Gasteiger partial charge on any atom is -0.461 e. The van der Waals surface area contributed by atoms with Gasteiger partial charge in [0.05, 0.1) is 6.61 Å². The van der Waals surface area contributed by atoms with E-state index in [9.17, 15) is 22.4 Å². The summed E-state index contributed by atoms with van der Waals surface area (Å²) in [5, 5.41) is -4.92. The van der Waals surface area contributed by atoms with Crippen LogP contribution in [-0.2, 0) is 9.53 Å². The Morgan fingerprint density at radius 1 is 1.42 bits per heavy atom. The first-order chi connectivity index (χ1) is 5.23. The first-order valence-electron chi connectivity index (χ1n) is 2.85. The van der Waals surface area contributed by atoms with Gasteiger partial charge in [0.1, 0.15) is 0 Å². The molecule has 0 unspecified atom stereocenters. The van der Waals surface area contributed by atoms with Crippen molar-refractivity contribution in [3.63, 3.8) is 0 Å². The van der Waals surface area contributed by atoms with Crippen LogP contribution < -0.4 is 0 Å². The standard InChI is InChI=1S/C5H5ClF4O2/c1-2-12-3(11)4(7,8)5(6,9)10/h2H2,1H3. The number of esters is 1. The molecule has 0 fully saturated rings. The van der Waals surface area contributed by atoms with E-state index in [1.165, 1.54) is 6.92 Å². The van der Waals surface area contributed by atoms with Gasteiger partial charge in [-0.05, 0) is 18.5 Å². The molecule has 0 aromatic heterocycles. The number of hydrogen-bond donors (Lipinski definition) is 0. The first kappa shape index (κ1) is 11.5. The van der Waals surface area contributed by atoms with Gasteiger partial charge < -0.3 is 4.74 Å². The normalized spacial score (nSPS) is 12.8. The number of carbonyl (C=O) groups excluding carboxylic acids is 1. The zero-order valence-electron chi connectivity index (χ0n) is 5.91. The summed E-state index contributed by atoms with van der Waals surface area (Å²) in [7, 11) is 0. The van der Waals surface area contributed by atoms with Gasteiger partial charge >= 0.3 is 17.3 Å². The maximum Gasteiger partial charge on any atom is 0.418 e. The van der Waals surface area contributed by atoms with Crippen molar-refractivity contribution in [3.8, 4) is 0 Å². The van der Waals surface area contributed by atoms with E-state index >= 15 is 0 Å². The number of hydrogen-bond acceptors (Lipinski definition) is 2. The highest BCUT2D eigenvalue weighted by molar-refractivity contribution is 6.24. The lowest BCUT2D eigenvalue weighted by molar-refractivity contribution is -0.203. The molecule has 0 heterocycles. The third kappa shape index (κ3) is 2.23. The molecule has 0 saturated heterocycles. The Balaban J connectivity index is 4.50. The molecule has 0 radical (unpaired) electrons. The van der Waals surface area contributed by atoms with Crippen molar-refractivity contribution < 1.29 is 27.1 Å². The fraction of sp³-hybridized carbons (Fsp3) is 0.800. The number of rotatable bonds is 3. The molecule has 0 spiro atoms. The second-order valence-corrected chi connectivity index (χ2v) is 2.27. The smallest absolute Gasteiger partial charge is 0.418 e. The summed E-state index contributed by atoms with van der Waals surface area (Å²) in [6.45, 7) is 0.793. The molecule has 0 amide bonds. The molecule has 0 bridgehead atoms. The summed E-state index contributed by atoms with van der Waals surface area (Å²) in [5.74, 6) is -7.31. The zero-order valence-corrected chi connectivity index (χ0v) is 6.67. The van der Waals surface area contributed by atoms with Crippen LogP contribution in [0.2, 0.25) is 0 Å². The Hall–Kier alpha value is -0.520. The van der Waals surface area contributed by atoms with Gasteiger partial charge in [0, 0.05) is 0 Å². The molecular weight excluding hydrogens is 203 g/mol. The summed E-state index contributed by atoms with van der Waals surface area (Å²) < 4.78 is 51.6. The third-order valence-corrected chi connectivity index (χ3v) is 1.13. The van der Waals surface area contributed by atoms with Crippen LogP contribution >= 0.6 is 11.6 Å². The van der Waals surface area contributed by atoms with E-state index in [4.69, 9.17) is 0 Å². The van der Waals surface area contributed by atoms with E-state index < -0.39 is 23.9 Å². The third-order valence-electron chi connectivity index (χ3n) is 0.888. The van der Waals surface area contributed by atoms with Crippen molar-refractivity contribution >= 4 is 17.6 Å². The monoisotopic (exact) mass is 208 g/mol. The summed E-state index contributed by atoms with van der Waals surface area (Å²) in [6, 6.07) is 0. The lowest BCUT2D eigenvalue weighted by atomic mass is 10.3. The average molecular weight is 209 g/mol. The van der Waals surface area contributed by atoms with Gasteiger partial charge in [-0.2, -0.15) is 17.6 Å². The molecule has 0 N–H and O–H groups in total. The van der Waals surface area contributed by atoms with Crippen molar-refractivity contribution in [1.82, 2.24) is 0 Å². The van der Waals surface area contributed by atoms with Crippen molar-refractivity contribution in [3.05, 3.63) is 0 Å². The highest BCUT2D eigenvalue weighted by atomic mass is 35.5. The average Bonchev–Trinajstić information content (AvgIpc) is 1.85. The molecule has 0 aromatic carbocycles. The largest absolute Gasteiger partial charge is 0.461 e. The molecule has 0 rings (SSSR count). The van der Waals surface area contributed by atoms with Gasteiger partial charge in [0.25, 0.3) is 0 Å². The van der Waals surface area contributed by atoms with Gasteiger partial charge in [-0.25, -0.2) is 4.79 Å². The Morgan fingerprint density at radius 3 is 2.08 bits per heavy atom. The second kappa shape index (κ2) is 3.47. The summed E-state index contributed by atoms with van der Waals surface area (Å²) in [5.41, 5.74) is 0. The van der Waals surface area contributed by atoms with E-state index in [2.05, 4.69) is 16.3 Å². The summed E-state index contributed by atoms with van der Waals surface area (Å²) in [6.07, 6.45) is 0. The van der Waals surface area contributed by atoms with Gasteiger partial charge in [-0.3, -0.25) is 0 Å². The minimum atomic E-state index is -4.98. The topological polar surface area (TPSA) is 26.3 Å². The van der Waals surface area contributed by atoms with Crippen LogP contribution in [0.1, 0.15) is 6.92 Å². The number of halogens is 5. The molecule has 0 atom stereocenters. The SMILES string of the molecule is CCOC(=O)C(F)(F)C(F)(F)Cl. The molecule has 12 heavy (non-hydrogen) atoms. The fourth-order valence-corrected chi connectivity index (χ4v) is 0.415. The number of alkyl halides is 5. The van der Waals surface area contributed by atoms with E-state index in [1.807, 2.05) is 0 Å². The van der Waals surface area contributed by atoms with Gasteiger partial charge in [0.15, 0.2) is 0 Å². The quantitative estimate of drug-likeness (QED) is 0.403. The second-order valence-electron chi connectivity index (χ2n) is 1.79. The van der Waals surface area contributed by atoms with Crippen LogP contribution in [0.15, 0.2) is 0 Å². The van der Waals surface area contributed by atoms with Crippen LogP contribution in [-0.4, -0.2) is 23.9 Å². The fourth-order valence-electron chi connectivity index (χ4n) is 0.337. The van der Waals surface area contributed by atoms with Crippen molar-refractivity contribution in [2.24, 2.45) is 0 Å². The number of carbonyl (C=O) groups is 1. The van der Waals surface area contributed by atoms with Crippen LogP contribution in [0.25, 0.3) is 0 Å². The molecule has 0 aliphatic carbocycles. The van der Waals surface area contributed by atoms with Crippen molar-refractivity contribution in [2.75, 3.05) is 6.61 Å². The lowest BCUT2D eigenvalue weighted by Crippen LogP contribution is -2.44.